The van der Waals surface area contributed by atoms with Crippen molar-refractivity contribution in [2.45, 2.75) is 25.2 Å². The van der Waals surface area contributed by atoms with E-state index in [0.29, 0.717) is 12.2 Å². The van der Waals surface area contributed by atoms with Gasteiger partial charge in [-0.1, -0.05) is 30.4 Å². The number of ether oxygens (including phenoxy) is 1. The van der Waals surface area contributed by atoms with Crippen molar-refractivity contribution in [2.24, 2.45) is 11.8 Å². The minimum atomic E-state index is -0.685. The molecular weight excluding hydrogens is 410 g/mol. The van der Waals surface area contributed by atoms with E-state index >= 15 is 0 Å². The van der Waals surface area contributed by atoms with E-state index in [-0.39, 0.29) is 36.7 Å². The van der Waals surface area contributed by atoms with Crippen LogP contribution in [-0.2, 0) is 20.9 Å². The number of pyridine rings is 1. The molecule has 2 fully saturated rings. The molecule has 5 heterocycles. The second kappa shape index (κ2) is 6.52. The fraction of sp³-hybridized carbons (Fsp3) is 0.391. The normalized spacial score (nSPS) is 28.2. The number of likely N-dealkylation sites (N-methyl/N-ethyl adjacent to an activating group) is 1. The van der Waals surface area contributed by atoms with Gasteiger partial charge < -0.3 is 15.0 Å². The summed E-state index contributed by atoms with van der Waals surface area (Å²) in [5, 5.41) is 8.35. The Labute approximate surface area is 183 Å². The molecule has 0 radical (unpaired) electrons. The van der Waals surface area contributed by atoms with E-state index in [1.54, 1.807) is 16.3 Å². The number of aryl methyl sites for hydroxylation is 1. The molecule has 2 amide bonds. The van der Waals surface area contributed by atoms with E-state index in [9.17, 15) is 14.4 Å². The average Bonchev–Trinajstić information content (AvgIpc) is 3.48. The highest BCUT2D eigenvalue weighted by Gasteiger charge is 2.66. The Balaban J connectivity index is 1.22. The van der Waals surface area contributed by atoms with Crippen LogP contribution in [0.4, 0.5) is 0 Å². The lowest BCUT2D eigenvalue weighted by atomic mass is 9.77. The van der Waals surface area contributed by atoms with Gasteiger partial charge in [0.05, 0.1) is 36.5 Å². The summed E-state index contributed by atoms with van der Waals surface area (Å²) in [5.74, 6) is -1.33. The number of carbonyl (C=O) groups excluding carboxylic acids is 2. The minimum absolute atomic E-state index is 0.0593. The Kier molecular flexibility index (Phi) is 3.92. The monoisotopic (exact) mass is 433 g/mol. The van der Waals surface area contributed by atoms with Gasteiger partial charge in [0.15, 0.2) is 5.65 Å². The number of likely N-dealkylation sites (tertiary alicyclic amines) is 1. The van der Waals surface area contributed by atoms with E-state index in [1.807, 2.05) is 49.4 Å². The highest BCUT2D eigenvalue weighted by Crippen LogP contribution is 2.51. The molecule has 6 rings (SSSR count). The van der Waals surface area contributed by atoms with Crippen molar-refractivity contribution in [2.75, 3.05) is 20.1 Å². The van der Waals surface area contributed by atoms with Crippen molar-refractivity contribution in [1.82, 2.24) is 24.4 Å². The molecule has 2 saturated heterocycles. The van der Waals surface area contributed by atoms with E-state index < -0.39 is 17.4 Å². The second-order valence-corrected chi connectivity index (χ2v) is 8.94. The molecule has 4 unspecified atom stereocenters. The van der Waals surface area contributed by atoms with Gasteiger partial charge in [0.2, 0.25) is 11.8 Å². The molecule has 0 aliphatic carbocycles. The van der Waals surface area contributed by atoms with Gasteiger partial charge >= 0.3 is 5.69 Å². The summed E-state index contributed by atoms with van der Waals surface area (Å²) in [7, 11) is 1.73. The van der Waals surface area contributed by atoms with Crippen LogP contribution >= 0.6 is 0 Å². The summed E-state index contributed by atoms with van der Waals surface area (Å²) in [6.07, 6.45) is 3.42. The maximum atomic E-state index is 13.0. The second-order valence-electron chi connectivity index (χ2n) is 8.94. The number of nitrogens with one attached hydrogen (secondary N) is 1. The Morgan fingerprint density at radius 2 is 2.12 bits per heavy atom. The largest absolute Gasteiger partial charge is 0.360 e. The first-order chi connectivity index (χ1) is 15.4. The Bertz CT molecular complexity index is 1390. The van der Waals surface area contributed by atoms with Crippen LogP contribution in [0.2, 0.25) is 0 Å². The molecule has 1 N–H and O–H groups in total. The zero-order chi connectivity index (χ0) is 22.2. The Hall–Kier alpha value is -3.46. The van der Waals surface area contributed by atoms with Crippen molar-refractivity contribution in [3.63, 3.8) is 0 Å². The van der Waals surface area contributed by atoms with E-state index in [2.05, 4.69) is 10.4 Å². The predicted molar refractivity (Wildman–Crippen MR) is 116 cm³/mol. The van der Waals surface area contributed by atoms with Crippen molar-refractivity contribution in [1.29, 1.82) is 0 Å². The van der Waals surface area contributed by atoms with Crippen LogP contribution in [0.25, 0.3) is 16.6 Å². The number of carbonyl (C=O) groups is 2. The number of aromatic nitrogens is 3. The SMILES string of the molecule is Cc1cc2ccccc2n2c(=O)n(CCNC(=O)C3C4C=CC5(CN(C)C(=O)C35)O4)nc12. The van der Waals surface area contributed by atoms with Crippen molar-refractivity contribution in [3.8, 4) is 0 Å². The quantitative estimate of drug-likeness (QED) is 0.604. The highest BCUT2D eigenvalue weighted by atomic mass is 16.5. The fourth-order valence-electron chi connectivity index (χ4n) is 5.53. The van der Waals surface area contributed by atoms with E-state index in [4.69, 9.17) is 4.74 Å². The molecule has 3 aromatic rings. The van der Waals surface area contributed by atoms with Crippen LogP contribution in [0, 0.1) is 18.8 Å². The first-order valence-corrected chi connectivity index (χ1v) is 10.8. The number of hydrogen-bond acceptors (Lipinski definition) is 5. The van der Waals surface area contributed by atoms with Crippen LogP contribution in [0.5, 0.6) is 0 Å². The number of fused-ring (bicyclic) bond motifs is 4. The first kappa shape index (κ1) is 19.2. The molecule has 4 atom stereocenters. The molecular formula is C23H23N5O4. The first-order valence-electron chi connectivity index (χ1n) is 10.8. The van der Waals surface area contributed by atoms with Gasteiger partial charge in [-0.25, -0.2) is 13.9 Å². The predicted octanol–water partition coefficient (Wildman–Crippen LogP) is 0.486. The van der Waals surface area contributed by atoms with Crippen molar-refractivity contribution >= 4 is 28.4 Å². The molecule has 32 heavy (non-hydrogen) atoms. The molecule has 2 bridgehead atoms. The molecule has 0 saturated carbocycles. The lowest BCUT2D eigenvalue weighted by molar-refractivity contribution is -0.136. The van der Waals surface area contributed by atoms with Gasteiger partial charge in [-0.15, -0.1) is 5.10 Å². The molecule has 1 aromatic carbocycles. The molecule has 3 aliphatic heterocycles. The van der Waals surface area contributed by atoms with E-state index in [1.165, 1.54) is 4.68 Å². The van der Waals surface area contributed by atoms with Crippen LogP contribution < -0.4 is 11.0 Å². The summed E-state index contributed by atoms with van der Waals surface area (Å²) >= 11 is 0. The lowest BCUT2D eigenvalue weighted by Gasteiger charge is -2.23. The molecule has 3 aliphatic rings. The van der Waals surface area contributed by atoms with Crippen molar-refractivity contribution in [3.05, 3.63) is 58.5 Å². The summed E-state index contributed by atoms with van der Waals surface area (Å²) in [6, 6.07) is 9.69. The van der Waals surface area contributed by atoms with Gasteiger partial charge in [-0.2, -0.15) is 0 Å². The van der Waals surface area contributed by atoms with Crippen molar-refractivity contribution < 1.29 is 14.3 Å². The maximum absolute atomic E-state index is 13.0. The average molecular weight is 433 g/mol. The number of para-hydroxylation sites is 1. The standard InChI is InChI=1S/C23H23N5O4/c1-13-11-14-5-3-4-6-15(14)28-19(13)25-27(22(28)31)10-9-24-20(29)17-16-7-8-23(32-16)12-26(2)21(30)18(17)23/h3-8,11,16-18H,9-10,12H2,1-2H3,(H,24,29). The Morgan fingerprint density at radius 1 is 1.31 bits per heavy atom. The van der Waals surface area contributed by atoms with Gasteiger partial charge in [0, 0.05) is 13.6 Å². The summed E-state index contributed by atoms with van der Waals surface area (Å²) in [6.45, 7) is 2.86. The molecule has 9 heteroatoms. The zero-order valence-electron chi connectivity index (χ0n) is 17.8. The molecule has 2 aromatic heterocycles. The van der Waals surface area contributed by atoms with Gasteiger partial charge in [-0.3, -0.25) is 9.59 Å². The van der Waals surface area contributed by atoms with E-state index in [0.717, 1.165) is 16.5 Å². The number of hydrogen-bond donors (Lipinski definition) is 1. The number of rotatable bonds is 4. The number of nitrogens with zero attached hydrogens (tertiary/aromatic N) is 4. The summed E-state index contributed by atoms with van der Waals surface area (Å²) in [5.41, 5.74) is 1.38. The third kappa shape index (κ3) is 2.48. The summed E-state index contributed by atoms with van der Waals surface area (Å²) < 4.78 is 9.02. The number of benzene rings is 1. The molecule has 164 valence electrons. The summed E-state index contributed by atoms with van der Waals surface area (Å²) in [4.78, 5) is 40.3. The van der Waals surface area contributed by atoms with Crippen LogP contribution in [0.15, 0.2) is 47.3 Å². The molecule has 9 nitrogen and oxygen atoms in total. The molecule has 1 spiro atoms. The zero-order valence-corrected chi connectivity index (χ0v) is 17.8. The smallest absolute Gasteiger partial charge is 0.350 e. The highest BCUT2D eigenvalue weighted by molar-refractivity contribution is 5.92. The Morgan fingerprint density at radius 3 is 2.97 bits per heavy atom. The lowest BCUT2D eigenvalue weighted by Crippen LogP contribution is -2.45. The minimum Gasteiger partial charge on any atom is -0.360 e. The maximum Gasteiger partial charge on any atom is 0.350 e. The third-order valence-corrected chi connectivity index (χ3v) is 6.96. The van der Waals surface area contributed by atoms with Crippen LogP contribution in [-0.4, -0.2) is 62.7 Å². The van der Waals surface area contributed by atoms with Gasteiger partial charge in [0.25, 0.3) is 0 Å². The van der Waals surface area contributed by atoms with Crippen LogP contribution in [0.1, 0.15) is 5.56 Å². The van der Waals surface area contributed by atoms with Crippen LogP contribution in [0.3, 0.4) is 0 Å². The van der Waals surface area contributed by atoms with Gasteiger partial charge in [-0.05, 0) is 30.0 Å². The number of amides is 2. The van der Waals surface area contributed by atoms with Gasteiger partial charge in [0.1, 0.15) is 5.60 Å². The third-order valence-electron chi connectivity index (χ3n) is 6.96. The fourth-order valence-corrected chi connectivity index (χ4v) is 5.53. The topological polar surface area (TPSA) is 97.9 Å².